The molecule has 0 radical (unpaired) electrons. The van der Waals surface area contributed by atoms with Crippen molar-refractivity contribution in [1.29, 1.82) is 0 Å². The predicted molar refractivity (Wildman–Crippen MR) is 81.0 cm³/mol. The molecule has 0 spiro atoms. The van der Waals surface area contributed by atoms with Crippen LogP contribution in [-0.4, -0.2) is 13.1 Å². The molecule has 0 aliphatic carbocycles. The van der Waals surface area contributed by atoms with Crippen molar-refractivity contribution >= 4 is 27.6 Å². The molecule has 106 valence electrons. The highest BCUT2D eigenvalue weighted by Gasteiger charge is 2.15. The first-order valence-corrected chi connectivity index (χ1v) is 7.01. The third-order valence-electron chi connectivity index (χ3n) is 3.00. The lowest BCUT2D eigenvalue weighted by Gasteiger charge is -2.13. The molecule has 0 fully saturated rings. The summed E-state index contributed by atoms with van der Waals surface area (Å²) in [6.45, 7) is 4.00. The Morgan fingerprint density at radius 1 is 1.35 bits per heavy atom. The van der Waals surface area contributed by atoms with E-state index in [4.69, 9.17) is 4.42 Å². The second kappa shape index (κ2) is 6.13. The van der Waals surface area contributed by atoms with E-state index in [0.717, 1.165) is 10.2 Å². The Bertz CT molecular complexity index is 621. The Kier molecular flexibility index (Phi) is 4.49. The first kappa shape index (κ1) is 14.7. The van der Waals surface area contributed by atoms with Crippen LogP contribution in [0.4, 0.5) is 5.69 Å². The summed E-state index contributed by atoms with van der Waals surface area (Å²) in [5.41, 5.74) is 2.15. The average molecular weight is 338 g/mol. The number of hydrogen-bond donors (Lipinski definition) is 1. The Balaban J connectivity index is 2.11. The van der Waals surface area contributed by atoms with Gasteiger partial charge in [-0.25, -0.2) is 4.79 Å². The molecule has 1 aromatic heterocycles. The standard InChI is InChI=1S/C15H16BrNO3/c1-9-4-5-11(8-12(9)16)17-10(2)13-6-7-14(20-13)15(18)19-3/h4-8,10,17H,1-3H3. The lowest BCUT2D eigenvalue weighted by molar-refractivity contribution is 0.0562. The van der Waals surface area contributed by atoms with Gasteiger partial charge in [0.25, 0.3) is 0 Å². The summed E-state index contributed by atoms with van der Waals surface area (Å²) in [5, 5.41) is 3.32. The van der Waals surface area contributed by atoms with Gasteiger partial charge >= 0.3 is 5.97 Å². The largest absolute Gasteiger partial charge is 0.463 e. The number of esters is 1. The number of hydrogen-bond acceptors (Lipinski definition) is 4. The molecule has 2 aromatic rings. The van der Waals surface area contributed by atoms with E-state index >= 15 is 0 Å². The van der Waals surface area contributed by atoms with Gasteiger partial charge < -0.3 is 14.5 Å². The van der Waals surface area contributed by atoms with E-state index in [1.54, 1.807) is 12.1 Å². The maximum absolute atomic E-state index is 11.3. The molecule has 1 heterocycles. The first-order chi connectivity index (χ1) is 9.51. The predicted octanol–water partition coefficient (Wildman–Crippen LogP) is 4.31. The highest BCUT2D eigenvalue weighted by molar-refractivity contribution is 9.10. The SMILES string of the molecule is COC(=O)c1ccc(C(C)Nc2ccc(C)c(Br)c2)o1. The van der Waals surface area contributed by atoms with E-state index < -0.39 is 5.97 Å². The molecule has 0 bridgehead atoms. The molecule has 1 aromatic carbocycles. The highest BCUT2D eigenvalue weighted by Crippen LogP contribution is 2.25. The minimum absolute atomic E-state index is 0.0528. The number of carbonyl (C=O) groups excluding carboxylic acids is 1. The van der Waals surface area contributed by atoms with Crippen molar-refractivity contribution in [1.82, 2.24) is 0 Å². The van der Waals surface area contributed by atoms with Gasteiger partial charge in [-0.2, -0.15) is 0 Å². The lowest BCUT2D eigenvalue weighted by Crippen LogP contribution is -2.06. The van der Waals surface area contributed by atoms with Crippen LogP contribution in [-0.2, 0) is 4.74 Å². The molecule has 1 N–H and O–H groups in total. The van der Waals surface area contributed by atoms with Gasteiger partial charge in [0.05, 0.1) is 13.2 Å². The van der Waals surface area contributed by atoms with E-state index in [9.17, 15) is 4.79 Å². The number of furan rings is 1. The second-order valence-corrected chi connectivity index (χ2v) is 5.38. The van der Waals surface area contributed by atoms with E-state index in [0.29, 0.717) is 5.76 Å². The minimum atomic E-state index is -0.471. The number of nitrogens with one attached hydrogen (secondary N) is 1. The smallest absolute Gasteiger partial charge is 0.373 e. The van der Waals surface area contributed by atoms with E-state index in [1.807, 2.05) is 32.0 Å². The second-order valence-electron chi connectivity index (χ2n) is 4.52. The van der Waals surface area contributed by atoms with Crippen molar-refractivity contribution in [3.8, 4) is 0 Å². The molecule has 0 saturated carbocycles. The molecule has 20 heavy (non-hydrogen) atoms. The topological polar surface area (TPSA) is 51.5 Å². The molecular formula is C15H16BrNO3. The maximum Gasteiger partial charge on any atom is 0.373 e. The molecule has 1 atom stereocenters. The monoisotopic (exact) mass is 337 g/mol. The summed E-state index contributed by atoms with van der Waals surface area (Å²) in [5.74, 6) is 0.421. The van der Waals surface area contributed by atoms with Crippen LogP contribution < -0.4 is 5.32 Å². The van der Waals surface area contributed by atoms with Crippen LogP contribution in [0.1, 0.15) is 34.8 Å². The number of methoxy groups -OCH3 is 1. The van der Waals surface area contributed by atoms with Crippen molar-refractivity contribution in [3.63, 3.8) is 0 Å². The van der Waals surface area contributed by atoms with Crippen molar-refractivity contribution in [2.75, 3.05) is 12.4 Å². The van der Waals surface area contributed by atoms with Crippen LogP contribution >= 0.6 is 15.9 Å². The third-order valence-corrected chi connectivity index (χ3v) is 3.85. The summed E-state index contributed by atoms with van der Waals surface area (Å²) in [6, 6.07) is 9.37. The Hall–Kier alpha value is -1.75. The summed E-state index contributed by atoms with van der Waals surface area (Å²) < 4.78 is 11.1. The van der Waals surface area contributed by atoms with Crippen LogP contribution in [0.5, 0.6) is 0 Å². The van der Waals surface area contributed by atoms with Crippen LogP contribution in [0.2, 0.25) is 0 Å². The summed E-state index contributed by atoms with van der Waals surface area (Å²) in [4.78, 5) is 11.3. The van der Waals surface area contributed by atoms with Gasteiger partial charge in [-0.3, -0.25) is 0 Å². The summed E-state index contributed by atoms with van der Waals surface area (Å²) >= 11 is 3.50. The zero-order valence-corrected chi connectivity index (χ0v) is 13.2. The van der Waals surface area contributed by atoms with Crippen molar-refractivity contribution in [2.24, 2.45) is 0 Å². The van der Waals surface area contributed by atoms with Gasteiger partial charge in [-0.15, -0.1) is 0 Å². The van der Waals surface area contributed by atoms with Crippen LogP contribution in [0.15, 0.2) is 39.2 Å². The molecule has 5 heteroatoms. The zero-order chi connectivity index (χ0) is 14.7. The summed E-state index contributed by atoms with van der Waals surface area (Å²) in [7, 11) is 1.33. The van der Waals surface area contributed by atoms with Crippen LogP contribution in [0, 0.1) is 6.92 Å². The van der Waals surface area contributed by atoms with Crippen LogP contribution in [0.25, 0.3) is 0 Å². The number of aryl methyl sites for hydroxylation is 1. The van der Waals surface area contributed by atoms with Crippen LogP contribution in [0.3, 0.4) is 0 Å². The Morgan fingerprint density at radius 2 is 2.10 bits per heavy atom. The van der Waals surface area contributed by atoms with E-state index in [2.05, 4.69) is 26.0 Å². The quantitative estimate of drug-likeness (QED) is 0.844. The number of rotatable bonds is 4. The van der Waals surface area contributed by atoms with Gasteiger partial charge in [0.15, 0.2) is 0 Å². The minimum Gasteiger partial charge on any atom is -0.463 e. The molecule has 0 saturated heterocycles. The van der Waals surface area contributed by atoms with Gasteiger partial charge in [-0.1, -0.05) is 22.0 Å². The summed E-state index contributed by atoms with van der Waals surface area (Å²) in [6.07, 6.45) is 0. The average Bonchev–Trinajstić information content (AvgIpc) is 2.92. The highest BCUT2D eigenvalue weighted by atomic mass is 79.9. The zero-order valence-electron chi connectivity index (χ0n) is 11.6. The number of benzene rings is 1. The molecule has 1 unspecified atom stereocenters. The molecule has 4 nitrogen and oxygen atoms in total. The van der Waals surface area contributed by atoms with E-state index in [-0.39, 0.29) is 11.8 Å². The molecule has 0 amide bonds. The molecule has 2 rings (SSSR count). The van der Waals surface area contributed by atoms with Gasteiger partial charge in [-0.05, 0) is 43.7 Å². The lowest BCUT2D eigenvalue weighted by atomic mass is 10.2. The molecule has 0 aliphatic rings. The van der Waals surface area contributed by atoms with Gasteiger partial charge in [0.1, 0.15) is 5.76 Å². The first-order valence-electron chi connectivity index (χ1n) is 6.22. The third kappa shape index (κ3) is 3.22. The van der Waals surface area contributed by atoms with E-state index in [1.165, 1.54) is 12.7 Å². The number of carbonyl (C=O) groups is 1. The molecular weight excluding hydrogens is 322 g/mol. The van der Waals surface area contributed by atoms with Gasteiger partial charge in [0, 0.05) is 10.2 Å². The normalized spacial score (nSPS) is 12.0. The number of ether oxygens (including phenoxy) is 1. The number of anilines is 1. The Labute approximate surface area is 126 Å². The van der Waals surface area contributed by atoms with Crippen molar-refractivity contribution in [2.45, 2.75) is 19.9 Å². The fourth-order valence-corrected chi connectivity index (χ4v) is 2.18. The fraction of sp³-hybridized carbons (Fsp3) is 0.267. The van der Waals surface area contributed by atoms with Gasteiger partial charge in [0.2, 0.25) is 5.76 Å². The number of halogens is 1. The maximum atomic E-state index is 11.3. The molecule has 0 aliphatic heterocycles. The fourth-order valence-electron chi connectivity index (χ4n) is 1.80. The van der Waals surface area contributed by atoms with Crippen molar-refractivity contribution in [3.05, 3.63) is 51.9 Å². The Morgan fingerprint density at radius 3 is 2.75 bits per heavy atom. The van der Waals surface area contributed by atoms with Crippen molar-refractivity contribution < 1.29 is 13.9 Å².